The van der Waals surface area contributed by atoms with Gasteiger partial charge in [-0.3, -0.25) is 4.79 Å². The van der Waals surface area contributed by atoms with E-state index in [4.69, 9.17) is 20.4 Å². The number of carbonyl (C=O) groups is 1. The first-order valence-corrected chi connectivity index (χ1v) is 7.86. The van der Waals surface area contributed by atoms with E-state index in [0.717, 1.165) is 5.56 Å². The van der Waals surface area contributed by atoms with Crippen LogP contribution in [0.1, 0.15) is 26.0 Å². The maximum absolute atomic E-state index is 11.8. The second kappa shape index (κ2) is 6.17. The Balaban J connectivity index is 2.20. The van der Waals surface area contributed by atoms with E-state index >= 15 is 0 Å². The van der Waals surface area contributed by atoms with Gasteiger partial charge < -0.3 is 13.9 Å². The van der Waals surface area contributed by atoms with Crippen molar-refractivity contribution < 1.29 is 18.7 Å². The van der Waals surface area contributed by atoms with E-state index in [9.17, 15) is 9.90 Å². The van der Waals surface area contributed by atoms with Crippen LogP contribution in [0.2, 0.25) is 5.02 Å². The maximum Gasteiger partial charge on any atom is 0.315 e. The summed E-state index contributed by atoms with van der Waals surface area (Å²) in [6.07, 6.45) is 3.39. The Morgan fingerprint density at radius 1 is 1.25 bits per heavy atom. The van der Waals surface area contributed by atoms with Crippen molar-refractivity contribution in [3.8, 4) is 22.8 Å². The molecule has 0 aliphatic carbocycles. The van der Waals surface area contributed by atoms with Gasteiger partial charge in [-0.05, 0) is 43.7 Å². The normalized spacial score (nSPS) is 13.6. The summed E-state index contributed by atoms with van der Waals surface area (Å²) >= 11 is 5.91. The molecule has 0 saturated carbocycles. The fourth-order valence-electron chi connectivity index (χ4n) is 2.42. The minimum Gasteiger partial charge on any atom is -0.481 e. The number of nitrogens with zero attached hydrogens (tertiary/aromatic N) is 1. The topological polar surface area (TPSA) is 76.5 Å². The molecule has 1 aromatic carbocycles. The third-order valence-electron chi connectivity index (χ3n) is 4.20. The van der Waals surface area contributed by atoms with E-state index in [-0.39, 0.29) is 0 Å². The molecule has 0 spiro atoms. The van der Waals surface area contributed by atoms with Crippen LogP contribution in [0.25, 0.3) is 22.8 Å². The zero-order chi connectivity index (χ0) is 17.3. The lowest BCUT2D eigenvalue weighted by Gasteiger charge is -2.21. The van der Waals surface area contributed by atoms with Crippen LogP contribution in [0.15, 0.2) is 51.7 Å². The molecule has 3 aromatic rings. The molecule has 1 atom stereocenters. The largest absolute Gasteiger partial charge is 0.481 e. The van der Waals surface area contributed by atoms with Gasteiger partial charge >= 0.3 is 5.97 Å². The van der Waals surface area contributed by atoms with Crippen LogP contribution in [-0.4, -0.2) is 16.1 Å². The summed E-state index contributed by atoms with van der Waals surface area (Å²) in [6, 6.07) is 8.74. The van der Waals surface area contributed by atoms with Crippen LogP contribution in [0, 0.1) is 0 Å². The second-order valence-corrected chi connectivity index (χ2v) is 6.14. The van der Waals surface area contributed by atoms with Crippen LogP contribution in [0.4, 0.5) is 0 Å². The molecular weight excluding hydrogens is 330 g/mol. The van der Waals surface area contributed by atoms with E-state index in [0.29, 0.717) is 34.4 Å². The lowest BCUT2D eigenvalue weighted by atomic mass is 9.82. The highest BCUT2D eigenvalue weighted by atomic mass is 35.5. The van der Waals surface area contributed by atoms with Gasteiger partial charge in [-0.15, -0.1) is 0 Å². The molecule has 0 saturated heterocycles. The minimum atomic E-state index is -1.17. The van der Waals surface area contributed by atoms with Gasteiger partial charge in [-0.1, -0.05) is 18.5 Å². The van der Waals surface area contributed by atoms with E-state index < -0.39 is 11.4 Å². The fraction of sp³-hybridized carbons (Fsp3) is 0.222. The Morgan fingerprint density at radius 2 is 1.96 bits per heavy atom. The molecule has 1 N–H and O–H groups in total. The highest BCUT2D eigenvalue weighted by Gasteiger charge is 2.40. The van der Waals surface area contributed by atoms with E-state index in [1.165, 1.54) is 12.5 Å². The summed E-state index contributed by atoms with van der Waals surface area (Å²) in [7, 11) is 0. The molecule has 1 unspecified atom stereocenters. The summed E-state index contributed by atoms with van der Waals surface area (Å²) in [5.74, 6) is -0.204. The summed E-state index contributed by atoms with van der Waals surface area (Å²) < 4.78 is 11.0. The Bertz CT molecular complexity index is 852. The van der Waals surface area contributed by atoms with Gasteiger partial charge in [0, 0.05) is 10.6 Å². The quantitative estimate of drug-likeness (QED) is 0.703. The van der Waals surface area contributed by atoms with Crippen LogP contribution < -0.4 is 0 Å². The molecule has 24 heavy (non-hydrogen) atoms. The number of carboxylic acids is 1. The summed E-state index contributed by atoms with van der Waals surface area (Å²) in [6.45, 7) is 3.45. The highest BCUT2D eigenvalue weighted by molar-refractivity contribution is 6.30. The predicted molar refractivity (Wildman–Crippen MR) is 89.9 cm³/mol. The molecular formula is C18H16ClNO4. The molecule has 0 amide bonds. The Morgan fingerprint density at radius 3 is 2.50 bits per heavy atom. The molecule has 2 heterocycles. The van der Waals surface area contributed by atoms with Crippen molar-refractivity contribution in [2.45, 2.75) is 25.7 Å². The number of halogens is 1. The van der Waals surface area contributed by atoms with Gasteiger partial charge in [0.25, 0.3) is 0 Å². The lowest BCUT2D eigenvalue weighted by Crippen LogP contribution is -2.32. The number of hydrogen-bond acceptors (Lipinski definition) is 4. The van der Waals surface area contributed by atoms with Crippen molar-refractivity contribution in [3.63, 3.8) is 0 Å². The lowest BCUT2D eigenvalue weighted by molar-refractivity contribution is -0.143. The van der Waals surface area contributed by atoms with E-state index in [2.05, 4.69) is 4.98 Å². The smallest absolute Gasteiger partial charge is 0.315 e. The average Bonchev–Trinajstić information content (AvgIpc) is 3.23. The fourth-order valence-corrected chi connectivity index (χ4v) is 2.55. The van der Waals surface area contributed by atoms with Crippen molar-refractivity contribution in [2.24, 2.45) is 0 Å². The zero-order valence-corrected chi connectivity index (χ0v) is 14.0. The molecule has 0 bridgehead atoms. The standard InChI is InChI=1S/C18H16ClNO4/c1-3-18(2,17(21)22)15-14(12-8-9-23-10-12)24-16(20-15)11-4-6-13(19)7-5-11/h4-10H,3H2,1-2H3,(H,21,22). The highest BCUT2D eigenvalue weighted by Crippen LogP contribution is 2.38. The second-order valence-electron chi connectivity index (χ2n) is 5.71. The third kappa shape index (κ3) is 2.71. The molecule has 0 radical (unpaired) electrons. The van der Waals surface area contributed by atoms with Crippen LogP contribution in [0.5, 0.6) is 0 Å². The average molecular weight is 346 g/mol. The number of rotatable bonds is 5. The van der Waals surface area contributed by atoms with Gasteiger partial charge in [0.1, 0.15) is 17.4 Å². The molecule has 0 fully saturated rings. The Labute approximate surface area is 143 Å². The molecule has 6 heteroatoms. The van der Waals surface area contributed by atoms with E-state index in [1.54, 1.807) is 37.3 Å². The van der Waals surface area contributed by atoms with Crippen molar-refractivity contribution in [1.82, 2.24) is 4.98 Å². The first kappa shape index (κ1) is 16.3. The zero-order valence-electron chi connectivity index (χ0n) is 13.2. The van der Waals surface area contributed by atoms with Gasteiger partial charge in [0.2, 0.25) is 5.89 Å². The van der Waals surface area contributed by atoms with Gasteiger partial charge in [-0.2, -0.15) is 0 Å². The van der Waals surface area contributed by atoms with Gasteiger partial charge in [0.15, 0.2) is 5.76 Å². The molecule has 0 aliphatic rings. The van der Waals surface area contributed by atoms with Crippen molar-refractivity contribution >= 4 is 17.6 Å². The summed E-state index contributed by atoms with van der Waals surface area (Å²) in [5.41, 5.74) is 0.586. The van der Waals surface area contributed by atoms with Gasteiger partial charge in [0.05, 0.1) is 11.8 Å². The first-order chi connectivity index (χ1) is 11.5. The number of benzene rings is 1. The Hall–Kier alpha value is -2.53. The van der Waals surface area contributed by atoms with Crippen LogP contribution >= 0.6 is 11.6 Å². The first-order valence-electron chi connectivity index (χ1n) is 7.49. The maximum atomic E-state index is 11.8. The summed E-state index contributed by atoms with van der Waals surface area (Å²) in [4.78, 5) is 16.3. The number of furan rings is 1. The predicted octanol–water partition coefficient (Wildman–Crippen LogP) is 5.01. The minimum absolute atomic E-state index is 0.346. The number of aliphatic carboxylic acids is 1. The van der Waals surface area contributed by atoms with E-state index in [1.807, 2.05) is 6.92 Å². The molecule has 2 aromatic heterocycles. The van der Waals surface area contributed by atoms with Crippen molar-refractivity contribution in [2.75, 3.05) is 0 Å². The number of carboxylic acid groups (broad SMARTS) is 1. The Kier molecular flexibility index (Phi) is 4.20. The molecule has 5 nitrogen and oxygen atoms in total. The molecule has 0 aliphatic heterocycles. The monoisotopic (exact) mass is 345 g/mol. The van der Waals surface area contributed by atoms with Crippen LogP contribution in [0.3, 0.4) is 0 Å². The third-order valence-corrected chi connectivity index (χ3v) is 4.46. The van der Waals surface area contributed by atoms with Crippen LogP contribution in [-0.2, 0) is 10.2 Å². The number of hydrogen-bond donors (Lipinski definition) is 1. The summed E-state index contributed by atoms with van der Waals surface area (Å²) in [5, 5.41) is 10.3. The number of aromatic nitrogens is 1. The number of oxazole rings is 1. The van der Waals surface area contributed by atoms with Crippen molar-refractivity contribution in [3.05, 3.63) is 53.6 Å². The van der Waals surface area contributed by atoms with Gasteiger partial charge in [-0.25, -0.2) is 4.98 Å². The molecule has 124 valence electrons. The van der Waals surface area contributed by atoms with Crippen molar-refractivity contribution in [1.29, 1.82) is 0 Å². The SMILES string of the molecule is CCC(C)(C(=O)O)c1nc(-c2ccc(Cl)cc2)oc1-c1ccoc1. The molecule has 3 rings (SSSR count).